The van der Waals surface area contributed by atoms with Gasteiger partial charge in [-0.3, -0.25) is 13.9 Å². The van der Waals surface area contributed by atoms with E-state index in [9.17, 15) is 9.59 Å². The van der Waals surface area contributed by atoms with Crippen molar-refractivity contribution in [2.75, 3.05) is 0 Å². The number of hydrogen-bond donors (Lipinski definition) is 0. The monoisotopic (exact) mass is 448 g/mol. The predicted molar refractivity (Wildman–Crippen MR) is 125 cm³/mol. The molecule has 8 heteroatoms. The smallest absolute Gasteiger partial charge is 0.331 e. The number of nitrogens with zero attached hydrogens (tertiary/aromatic N) is 4. The Kier molecular flexibility index (Phi) is 6.05. The van der Waals surface area contributed by atoms with E-state index in [1.54, 1.807) is 6.08 Å². The molecular formula is C24H24N4O3S. The molecule has 0 fully saturated rings. The van der Waals surface area contributed by atoms with Crippen LogP contribution in [0.25, 0.3) is 11.0 Å². The van der Waals surface area contributed by atoms with Crippen LogP contribution in [0.1, 0.15) is 39.5 Å². The van der Waals surface area contributed by atoms with Gasteiger partial charge in [0.2, 0.25) is 0 Å². The molecule has 32 heavy (non-hydrogen) atoms. The van der Waals surface area contributed by atoms with Gasteiger partial charge >= 0.3 is 5.97 Å². The molecule has 0 spiro atoms. The minimum absolute atomic E-state index is 0.0590. The molecule has 3 heterocycles. The van der Waals surface area contributed by atoms with Crippen molar-refractivity contribution >= 4 is 28.3 Å². The maximum Gasteiger partial charge on any atom is 0.331 e. The zero-order valence-electron chi connectivity index (χ0n) is 18.5. The molecular weight excluding hydrogens is 424 g/mol. The summed E-state index contributed by atoms with van der Waals surface area (Å²) in [5.74, 6) is -0.501. The van der Waals surface area contributed by atoms with E-state index in [0.717, 1.165) is 28.2 Å². The SMILES string of the molecule is Cc1ccc(Cn2nc(C)c(/C=C/C(=O)OCc3cc(=O)n4c(C)csc4n3)c2C)cc1. The van der Waals surface area contributed by atoms with E-state index in [1.807, 2.05) is 30.8 Å². The molecule has 0 saturated heterocycles. The van der Waals surface area contributed by atoms with Gasteiger partial charge in [-0.2, -0.15) is 5.10 Å². The van der Waals surface area contributed by atoms with E-state index in [4.69, 9.17) is 4.74 Å². The van der Waals surface area contributed by atoms with Crippen molar-refractivity contribution in [2.45, 2.75) is 40.8 Å². The lowest BCUT2D eigenvalue weighted by Crippen LogP contribution is -2.16. The molecule has 164 valence electrons. The summed E-state index contributed by atoms with van der Waals surface area (Å²) in [6.45, 7) is 8.41. The van der Waals surface area contributed by atoms with E-state index in [1.165, 1.54) is 33.4 Å². The Morgan fingerprint density at radius 3 is 2.66 bits per heavy atom. The van der Waals surface area contributed by atoms with Crippen molar-refractivity contribution in [3.05, 3.63) is 91.6 Å². The quantitative estimate of drug-likeness (QED) is 0.329. The van der Waals surface area contributed by atoms with Crippen molar-refractivity contribution in [3.8, 4) is 0 Å². The maximum atomic E-state index is 12.2. The summed E-state index contributed by atoms with van der Waals surface area (Å²) < 4.78 is 8.76. The highest BCUT2D eigenvalue weighted by atomic mass is 32.1. The first-order valence-electron chi connectivity index (χ1n) is 10.2. The molecule has 0 atom stereocenters. The summed E-state index contributed by atoms with van der Waals surface area (Å²) >= 11 is 1.38. The second kappa shape index (κ2) is 8.92. The molecule has 0 aliphatic rings. The zero-order chi connectivity index (χ0) is 22.8. The molecule has 0 N–H and O–H groups in total. The summed E-state index contributed by atoms with van der Waals surface area (Å²) in [6.07, 6.45) is 3.10. The molecule has 0 amide bonds. The van der Waals surface area contributed by atoms with Crippen LogP contribution in [0.3, 0.4) is 0 Å². The van der Waals surface area contributed by atoms with Crippen LogP contribution in [0.4, 0.5) is 0 Å². The predicted octanol–water partition coefficient (Wildman–Crippen LogP) is 3.99. The molecule has 0 unspecified atom stereocenters. The van der Waals surface area contributed by atoms with Crippen LogP contribution in [0, 0.1) is 27.7 Å². The van der Waals surface area contributed by atoms with Gasteiger partial charge in [0.15, 0.2) is 4.96 Å². The second-order valence-corrected chi connectivity index (χ2v) is 8.59. The van der Waals surface area contributed by atoms with Gasteiger partial charge in [-0.05, 0) is 39.3 Å². The van der Waals surface area contributed by atoms with Crippen LogP contribution in [0.15, 0.2) is 46.6 Å². The lowest BCUT2D eigenvalue weighted by atomic mass is 10.1. The summed E-state index contributed by atoms with van der Waals surface area (Å²) in [7, 11) is 0. The van der Waals surface area contributed by atoms with E-state index < -0.39 is 5.97 Å². The Morgan fingerprint density at radius 1 is 1.16 bits per heavy atom. The molecule has 7 nitrogen and oxygen atoms in total. The minimum Gasteiger partial charge on any atom is -0.456 e. The Morgan fingerprint density at radius 2 is 1.91 bits per heavy atom. The normalized spacial score (nSPS) is 11.5. The highest BCUT2D eigenvalue weighted by Gasteiger charge is 2.11. The largest absolute Gasteiger partial charge is 0.456 e. The van der Waals surface area contributed by atoms with Crippen LogP contribution in [0.2, 0.25) is 0 Å². The number of aromatic nitrogens is 4. The zero-order valence-corrected chi connectivity index (χ0v) is 19.3. The molecule has 0 aliphatic heterocycles. The van der Waals surface area contributed by atoms with Crippen molar-refractivity contribution in [2.24, 2.45) is 0 Å². The Labute approximate surface area is 189 Å². The third kappa shape index (κ3) is 4.55. The minimum atomic E-state index is -0.501. The van der Waals surface area contributed by atoms with Crippen molar-refractivity contribution in [3.63, 3.8) is 0 Å². The fraction of sp³-hybridized carbons (Fsp3) is 0.250. The van der Waals surface area contributed by atoms with E-state index in [2.05, 4.69) is 41.3 Å². The van der Waals surface area contributed by atoms with Crippen molar-refractivity contribution in [1.29, 1.82) is 0 Å². The van der Waals surface area contributed by atoms with Gasteiger partial charge in [-0.1, -0.05) is 29.8 Å². The average Bonchev–Trinajstić information content (AvgIpc) is 3.26. The third-order valence-electron chi connectivity index (χ3n) is 5.27. The van der Waals surface area contributed by atoms with Gasteiger partial charge in [0, 0.05) is 34.5 Å². The summed E-state index contributed by atoms with van der Waals surface area (Å²) in [5, 5.41) is 6.47. The Bertz CT molecular complexity index is 1380. The highest BCUT2D eigenvalue weighted by molar-refractivity contribution is 7.15. The number of benzene rings is 1. The van der Waals surface area contributed by atoms with Gasteiger partial charge in [-0.25, -0.2) is 9.78 Å². The summed E-state index contributed by atoms with van der Waals surface area (Å²) in [4.78, 5) is 29.5. The topological polar surface area (TPSA) is 78.5 Å². The van der Waals surface area contributed by atoms with Gasteiger partial charge in [-0.15, -0.1) is 11.3 Å². The van der Waals surface area contributed by atoms with E-state index in [0.29, 0.717) is 17.2 Å². The first kappa shape index (κ1) is 21.7. The number of carbonyl (C=O) groups excluding carboxylic acids is 1. The van der Waals surface area contributed by atoms with Gasteiger partial charge < -0.3 is 4.74 Å². The van der Waals surface area contributed by atoms with Crippen LogP contribution in [-0.4, -0.2) is 25.1 Å². The number of carbonyl (C=O) groups is 1. The number of hydrogen-bond acceptors (Lipinski definition) is 6. The van der Waals surface area contributed by atoms with Crippen LogP contribution in [-0.2, 0) is 22.7 Å². The standard InChI is InChI=1S/C24H24N4O3S/c1-15-5-7-19(8-6-15)12-27-18(4)21(17(3)26-27)9-10-23(30)31-13-20-11-22(29)28-16(2)14-32-24(28)25-20/h5-11,14H,12-13H2,1-4H3/b10-9+. The van der Waals surface area contributed by atoms with Gasteiger partial charge in [0.05, 0.1) is 17.9 Å². The number of fused-ring (bicyclic) bond motifs is 1. The molecule has 0 aliphatic carbocycles. The Balaban J connectivity index is 1.43. The lowest BCUT2D eigenvalue weighted by molar-refractivity contribution is -0.139. The number of rotatable bonds is 6. The number of esters is 1. The average molecular weight is 449 g/mol. The highest BCUT2D eigenvalue weighted by Crippen LogP contribution is 2.17. The fourth-order valence-corrected chi connectivity index (χ4v) is 4.38. The lowest BCUT2D eigenvalue weighted by Gasteiger charge is -2.05. The Hall–Kier alpha value is -3.52. The van der Waals surface area contributed by atoms with Crippen LogP contribution in [0.5, 0.6) is 0 Å². The molecule has 1 aromatic carbocycles. The molecule has 4 aromatic rings. The van der Waals surface area contributed by atoms with E-state index in [-0.39, 0.29) is 12.2 Å². The number of thiazole rings is 1. The summed E-state index contributed by atoms with van der Waals surface area (Å²) in [6, 6.07) is 9.74. The molecule has 0 saturated carbocycles. The van der Waals surface area contributed by atoms with Crippen molar-refractivity contribution in [1.82, 2.24) is 19.2 Å². The molecule has 0 radical (unpaired) electrons. The molecule has 3 aromatic heterocycles. The van der Waals surface area contributed by atoms with Gasteiger partial charge in [0.25, 0.3) is 5.56 Å². The first-order valence-corrected chi connectivity index (χ1v) is 11.1. The third-order valence-corrected chi connectivity index (χ3v) is 6.21. The fourth-order valence-electron chi connectivity index (χ4n) is 3.49. The van der Waals surface area contributed by atoms with Crippen molar-refractivity contribution < 1.29 is 9.53 Å². The summed E-state index contributed by atoms with van der Waals surface area (Å²) in [5.41, 5.74) is 6.17. The molecule has 4 rings (SSSR count). The number of aryl methyl sites for hydroxylation is 3. The second-order valence-electron chi connectivity index (χ2n) is 7.75. The molecule has 0 bridgehead atoms. The number of ether oxygens (including phenoxy) is 1. The van der Waals surface area contributed by atoms with E-state index >= 15 is 0 Å². The van der Waals surface area contributed by atoms with Crippen LogP contribution >= 0.6 is 11.3 Å². The van der Waals surface area contributed by atoms with Gasteiger partial charge in [0.1, 0.15) is 6.61 Å². The van der Waals surface area contributed by atoms with Crippen LogP contribution < -0.4 is 5.56 Å². The maximum absolute atomic E-state index is 12.2. The first-order chi connectivity index (χ1) is 15.3.